The second kappa shape index (κ2) is 7.89. The Labute approximate surface area is 149 Å². The van der Waals surface area contributed by atoms with Gasteiger partial charge in [-0.25, -0.2) is 0 Å². The summed E-state index contributed by atoms with van der Waals surface area (Å²) in [6.45, 7) is 4.67. The number of benzene rings is 1. The standard InChI is InChI=1S/C20H28N2O3/c1-3-25-18-8-4-15(5-9-18)14-21(2)19(23)17-10-12-22(13-11-17)20(24)16-6-7-16/h4-5,8-9,16-17H,3,6-7,10-14H2,1-2H3. The Bertz CT molecular complexity index is 602. The van der Waals surface area contributed by atoms with E-state index in [2.05, 4.69) is 0 Å². The Morgan fingerprint density at radius 1 is 1.08 bits per heavy atom. The molecule has 2 aliphatic rings. The molecule has 2 amide bonds. The SMILES string of the molecule is CCOc1ccc(CN(C)C(=O)C2CCN(C(=O)C3CC3)CC2)cc1. The Morgan fingerprint density at radius 2 is 1.72 bits per heavy atom. The maximum Gasteiger partial charge on any atom is 0.225 e. The number of amides is 2. The summed E-state index contributed by atoms with van der Waals surface area (Å²) in [5.74, 6) is 1.65. The maximum absolute atomic E-state index is 12.7. The van der Waals surface area contributed by atoms with E-state index in [1.165, 1.54) is 0 Å². The first-order valence-electron chi connectivity index (χ1n) is 9.34. The zero-order valence-electron chi connectivity index (χ0n) is 15.2. The van der Waals surface area contributed by atoms with Gasteiger partial charge in [-0.15, -0.1) is 0 Å². The molecule has 0 N–H and O–H groups in total. The fraction of sp³-hybridized carbons (Fsp3) is 0.600. The molecule has 5 nitrogen and oxygen atoms in total. The van der Waals surface area contributed by atoms with Gasteiger partial charge in [0.15, 0.2) is 0 Å². The monoisotopic (exact) mass is 344 g/mol. The zero-order chi connectivity index (χ0) is 17.8. The molecule has 0 bridgehead atoms. The number of hydrogen-bond acceptors (Lipinski definition) is 3. The van der Waals surface area contributed by atoms with E-state index in [0.29, 0.717) is 19.1 Å². The summed E-state index contributed by atoms with van der Waals surface area (Å²) in [6, 6.07) is 7.90. The molecule has 1 saturated carbocycles. The molecular formula is C20H28N2O3. The molecule has 1 heterocycles. The summed E-state index contributed by atoms with van der Waals surface area (Å²) in [5, 5.41) is 0. The predicted octanol–water partition coefficient (Wildman–Crippen LogP) is 2.69. The van der Waals surface area contributed by atoms with E-state index in [9.17, 15) is 9.59 Å². The largest absolute Gasteiger partial charge is 0.494 e. The smallest absolute Gasteiger partial charge is 0.225 e. The lowest BCUT2D eigenvalue weighted by molar-refractivity contribution is -0.140. The predicted molar refractivity (Wildman–Crippen MR) is 96.1 cm³/mol. The van der Waals surface area contributed by atoms with Gasteiger partial charge in [0.05, 0.1) is 6.61 Å². The molecule has 1 aliphatic carbocycles. The molecule has 1 aromatic carbocycles. The van der Waals surface area contributed by atoms with Crippen LogP contribution in [0.15, 0.2) is 24.3 Å². The van der Waals surface area contributed by atoms with Crippen LogP contribution >= 0.6 is 0 Å². The third kappa shape index (κ3) is 4.53. The first-order chi connectivity index (χ1) is 12.1. The molecule has 0 spiro atoms. The van der Waals surface area contributed by atoms with Crippen molar-refractivity contribution in [2.24, 2.45) is 11.8 Å². The first kappa shape index (κ1) is 17.8. The van der Waals surface area contributed by atoms with Gasteiger partial charge in [-0.3, -0.25) is 9.59 Å². The van der Waals surface area contributed by atoms with Gasteiger partial charge in [-0.05, 0) is 50.3 Å². The van der Waals surface area contributed by atoms with E-state index in [4.69, 9.17) is 4.74 Å². The first-order valence-corrected chi connectivity index (χ1v) is 9.34. The number of carbonyl (C=O) groups excluding carboxylic acids is 2. The van der Waals surface area contributed by atoms with Crippen LogP contribution in [0.2, 0.25) is 0 Å². The van der Waals surface area contributed by atoms with Crippen molar-refractivity contribution < 1.29 is 14.3 Å². The third-order valence-corrected chi connectivity index (χ3v) is 5.11. The van der Waals surface area contributed by atoms with Crippen molar-refractivity contribution in [1.29, 1.82) is 0 Å². The quantitative estimate of drug-likeness (QED) is 0.797. The van der Waals surface area contributed by atoms with E-state index < -0.39 is 0 Å². The molecule has 0 atom stereocenters. The molecule has 2 fully saturated rings. The van der Waals surface area contributed by atoms with Crippen LogP contribution in [0.3, 0.4) is 0 Å². The highest BCUT2D eigenvalue weighted by Gasteiger charge is 2.36. The molecular weight excluding hydrogens is 316 g/mol. The summed E-state index contributed by atoms with van der Waals surface area (Å²) >= 11 is 0. The summed E-state index contributed by atoms with van der Waals surface area (Å²) in [4.78, 5) is 28.6. The number of likely N-dealkylation sites (tertiary alicyclic amines) is 1. The van der Waals surface area contributed by atoms with Gasteiger partial charge in [0.1, 0.15) is 5.75 Å². The number of carbonyl (C=O) groups is 2. The van der Waals surface area contributed by atoms with Gasteiger partial charge in [-0.2, -0.15) is 0 Å². The second-order valence-corrected chi connectivity index (χ2v) is 7.15. The van der Waals surface area contributed by atoms with Crippen LogP contribution < -0.4 is 4.74 Å². The Hall–Kier alpha value is -2.04. The van der Waals surface area contributed by atoms with Crippen LogP contribution in [0.4, 0.5) is 0 Å². The lowest BCUT2D eigenvalue weighted by Gasteiger charge is -2.33. The molecule has 0 unspecified atom stereocenters. The van der Waals surface area contributed by atoms with Crippen LogP contribution in [0.25, 0.3) is 0 Å². The van der Waals surface area contributed by atoms with E-state index in [0.717, 1.165) is 50.1 Å². The van der Waals surface area contributed by atoms with Gasteiger partial charge in [-0.1, -0.05) is 12.1 Å². The van der Waals surface area contributed by atoms with Gasteiger partial charge >= 0.3 is 0 Å². The van der Waals surface area contributed by atoms with Crippen molar-refractivity contribution >= 4 is 11.8 Å². The van der Waals surface area contributed by atoms with Crippen molar-refractivity contribution in [2.75, 3.05) is 26.7 Å². The molecule has 1 aliphatic heterocycles. The molecule has 5 heteroatoms. The number of ether oxygens (including phenoxy) is 1. The minimum absolute atomic E-state index is 0.0379. The summed E-state index contributed by atoms with van der Waals surface area (Å²) in [7, 11) is 1.86. The molecule has 3 rings (SSSR count). The van der Waals surface area contributed by atoms with Crippen molar-refractivity contribution in [3.05, 3.63) is 29.8 Å². The normalized spacial score (nSPS) is 18.1. The lowest BCUT2D eigenvalue weighted by atomic mass is 9.95. The van der Waals surface area contributed by atoms with E-state index in [-0.39, 0.29) is 17.7 Å². The van der Waals surface area contributed by atoms with Crippen molar-refractivity contribution in [2.45, 2.75) is 39.2 Å². The average molecular weight is 344 g/mol. The lowest BCUT2D eigenvalue weighted by Crippen LogP contribution is -2.43. The van der Waals surface area contributed by atoms with Crippen LogP contribution in [0, 0.1) is 11.8 Å². The summed E-state index contributed by atoms with van der Waals surface area (Å²) in [6.07, 6.45) is 3.65. The van der Waals surface area contributed by atoms with Gasteiger partial charge in [0, 0.05) is 38.5 Å². The molecule has 136 valence electrons. The highest BCUT2D eigenvalue weighted by molar-refractivity contribution is 5.82. The molecule has 1 aromatic rings. The van der Waals surface area contributed by atoms with Gasteiger partial charge in [0.2, 0.25) is 11.8 Å². The van der Waals surface area contributed by atoms with Crippen LogP contribution in [-0.4, -0.2) is 48.4 Å². The maximum atomic E-state index is 12.7. The topological polar surface area (TPSA) is 49.9 Å². The highest BCUT2D eigenvalue weighted by atomic mass is 16.5. The second-order valence-electron chi connectivity index (χ2n) is 7.15. The third-order valence-electron chi connectivity index (χ3n) is 5.11. The minimum atomic E-state index is 0.0379. The zero-order valence-corrected chi connectivity index (χ0v) is 15.2. The van der Waals surface area contributed by atoms with E-state index in [1.807, 2.05) is 43.1 Å². The average Bonchev–Trinajstić information content (AvgIpc) is 3.47. The van der Waals surface area contributed by atoms with Crippen molar-refractivity contribution in [3.8, 4) is 5.75 Å². The molecule has 0 radical (unpaired) electrons. The fourth-order valence-electron chi connectivity index (χ4n) is 3.46. The summed E-state index contributed by atoms with van der Waals surface area (Å²) in [5.41, 5.74) is 1.10. The molecule has 0 aromatic heterocycles. The highest BCUT2D eigenvalue weighted by Crippen LogP contribution is 2.32. The van der Waals surface area contributed by atoms with Crippen LogP contribution in [0.5, 0.6) is 5.75 Å². The Morgan fingerprint density at radius 3 is 2.28 bits per heavy atom. The molecule has 1 saturated heterocycles. The van der Waals surface area contributed by atoms with Gasteiger partial charge in [0.25, 0.3) is 0 Å². The van der Waals surface area contributed by atoms with Crippen LogP contribution in [-0.2, 0) is 16.1 Å². The number of rotatable bonds is 6. The Kier molecular flexibility index (Phi) is 5.61. The van der Waals surface area contributed by atoms with Gasteiger partial charge < -0.3 is 14.5 Å². The van der Waals surface area contributed by atoms with E-state index >= 15 is 0 Å². The number of piperidine rings is 1. The van der Waals surface area contributed by atoms with E-state index in [1.54, 1.807) is 4.90 Å². The fourth-order valence-corrected chi connectivity index (χ4v) is 3.46. The summed E-state index contributed by atoms with van der Waals surface area (Å²) < 4.78 is 5.45. The molecule has 25 heavy (non-hydrogen) atoms. The van der Waals surface area contributed by atoms with Crippen LogP contribution in [0.1, 0.15) is 38.2 Å². The number of nitrogens with zero attached hydrogens (tertiary/aromatic N) is 2. The minimum Gasteiger partial charge on any atom is -0.494 e. The Balaban J connectivity index is 1.48. The number of hydrogen-bond donors (Lipinski definition) is 0. The van der Waals surface area contributed by atoms with Crippen molar-refractivity contribution in [3.63, 3.8) is 0 Å². The van der Waals surface area contributed by atoms with Crippen molar-refractivity contribution in [1.82, 2.24) is 9.80 Å².